The highest BCUT2D eigenvalue weighted by molar-refractivity contribution is 5.94. The molecule has 1 aliphatic heterocycles. The van der Waals surface area contributed by atoms with Gasteiger partial charge in [0.25, 0.3) is 5.91 Å². The molecule has 1 aromatic carbocycles. The summed E-state index contributed by atoms with van der Waals surface area (Å²) in [5.74, 6) is 0.111. The van der Waals surface area contributed by atoms with Crippen molar-refractivity contribution >= 4 is 5.91 Å². The van der Waals surface area contributed by atoms with Crippen LogP contribution in [0.2, 0.25) is 0 Å². The standard InChI is InChI=1S/C20H25N3O/c1-15-12-16(2)19(17(3)13-15)14-22-8-10-23(11-9-22)20(24)18-4-6-21-7-5-18/h4-7,12-13H,8-11,14H2,1-3H3. The van der Waals surface area contributed by atoms with Crippen molar-refractivity contribution in [2.45, 2.75) is 27.3 Å². The zero-order chi connectivity index (χ0) is 17.1. The number of pyridine rings is 1. The second kappa shape index (κ2) is 7.14. The third-order valence-corrected chi connectivity index (χ3v) is 4.81. The number of hydrogen-bond acceptors (Lipinski definition) is 3. The first kappa shape index (κ1) is 16.7. The fourth-order valence-electron chi connectivity index (χ4n) is 3.47. The van der Waals surface area contributed by atoms with E-state index < -0.39 is 0 Å². The summed E-state index contributed by atoms with van der Waals surface area (Å²) in [4.78, 5) is 20.9. The Balaban J connectivity index is 1.61. The molecule has 2 heterocycles. The molecule has 1 aromatic heterocycles. The minimum atomic E-state index is 0.111. The van der Waals surface area contributed by atoms with Gasteiger partial charge in [-0.15, -0.1) is 0 Å². The van der Waals surface area contributed by atoms with Crippen molar-refractivity contribution in [2.75, 3.05) is 26.2 Å². The van der Waals surface area contributed by atoms with E-state index in [0.717, 1.165) is 38.3 Å². The number of carbonyl (C=O) groups excluding carboxylic acids is 1. The number of benzene rings is 1. The average Bonchev–Trinajstić information content (AvgIpc) is 2.59. The van der Waals surface area contributed by atoms with Crippen LogP contribution in [0.4, 0.5) is 0 Å². The third-order valence-electron chi connectivity index (χ3n) is 4.81. The molecule has 3 rings (SSSR count). The number of nitrogens with zero attached hydrogens (tertiary/aromatic N) is 3. The maximum Gasteiger partial charge on any atom is 0.254 e. The van der Waals surface area contributed by atoms with Crippen LogP contribution in [0, 0.1) is 20.8 Å². The molecule has 0 spiro atoms. The summed E-state index contributed by atoms with van der Waals surface area (Å²) in [7, 11) is 0. The normalized spacial score (nSPS) is 15.5. The van der Waals surface area contributed by atoms with Crippen molar-refractivity contribution in [3.63, 3.8) is 0 Å². The molecule has 0 bridgehead atoms. The van der Waals surface area contributed by atoms with Crippen molar-refractivity contribution in [1.29, 1.82) is 0 Å². The van der Waals surface area contributed by atoms with E-state index >= 15 is 0 Å². The lowest BCUT2D eigenvalue weighted by Gasteiger charge is -2.35. The average molecular weight is 323 g/mol. The first-order valence-electron chi connectivity index (χ1n) is 8.53. The van der Waals surface area contributed by atoms with E-state index in [0.29, 0.717) is 0 Å². The van der Waals surface area contributed by atoms with Crippen molar-refractivity contribution < 1.29 is 4.79 Å². The van der Waals surface area contributed by atoms with Gasteiger partial charge in [-0.1, -0.05) is 17.7 Å². The van der Waals surface area contributed by atoms with Gasteiger partial charge in [-0.05, 0) is 49.6 Å². The van der Waals surface area contributed by atoms with Crippen molar-refractivity contribution in [2.24, 2.45) is 0 Å². The summed E-state index contributed by atoms with van der Waals surface area (Å²) in [6.45, 7) is 10.9. The molecule has 0 radical (unpaired) electrons. The predicted molar refractivity (Wildman–Crippen MR) is 96.1 cm³/mol. The van der Waals surface area contributed by atoms with Crippen LogP contribution in [0.15, 0.2) is 36.7 Å². The van der Waals surface area contributed by atoms with Crippen LogP contribution < -0.4 is 0 Å². The Hall–Kier alpha value is -2.20. The molecular weight excluding hydrogens is 298 g/mol. The first-order chi connectivity index (χ1) is 11.5. The summed E-state index contributed by atoms with van der Waals surface area (Å²) >= 11 is 0. The van der Waals surface area contributed by atoms with E-state index in [4.69, 9.17) is 0 Å². The van der Waals surface area contributed by atoms with Crippen molar-refractivity contribution in [1.82, 2.24) is 14.8 Å². The Morgan fingerprint density at radius 3 is 2.17 bits per heavy atom. The summed E-state index contributed by atoms with van der Waals surface area (Å²) in [6.07, 6.45) is 3.35. The molecule has 4 heteroatoms. The Morgan fingerprint density at radius 2 is 1.58 bits per heavy atom. The van der Waals surface area contributed by atoms with Crippen LogP contribution >= 0.6 is 0 Å². The molecule has 0 atom stereocenters. The van der Waals surface area contributed by atoms with E-state index in [2.05, 4.69) is 42.8 Å². The second-order valence-electron chi connectivity index (χ2n) is 6.68. The lowest BCUT2D eigenvalue weighted by molar-refractivity contribution is 0.0628. The predicted octanol–water partition coefficient (Wildman–Crippen LogP) is 2.96. The number of aromatic nitrogens is 1. The van der Waals surface area contributed by atoms with Gasteiger partial charge in [0.15, 0.2) is 0 Å². The number of rotatable bonds is 3. The van der Waals surface area contributed by atoms with Gasteiger partial charge in [-0.2, -0.15) is 0 Å². The van der Waals surface area contributed by atoms with E-state index in [-0.39, 0.29) is 5.91 Å². The van der Waals surface area contributed by atoms with Crippen LogP contribution in [0.5, 0.6) is 0 Å². The Labute approximate surface area is 144 Å². The van der Waals surface area contributed by atoms with Crippen LogP contribution in [0.25, 0.3) is 0 Å². The lowest BCUT2D eigenvalue weighted by Crippen LogP contribution is -2.48. The Kier molecular flexibility index (Phi) is 4.95. The zero-order valence-corrected chi connectivity index (χ0v) is 14.7. The molecule has 4 nitrogen and oxygen atoms in total. The number of hydrogen-bond donors (Lipinski definition) is 0. The number of amides is 1. The quantitative estimate of drug-likeness (QED) is 0.871. The van der Waals surface area contributed by atoms with Gasteiger partial charge < -0.3 is 4.90 Å². The molecule has 24 heavy (non-hydrogen) atoms. The maximum absolute atomic E-state index is 12.5. The Morgan fingerprint density at radius 1 is 1.00 bits per heavy atom. The molecule has 0 unspecified atom stereocenters. The minimum Gasteiger partial charge on any atom is -0.336 e. The van der Waals surface area contributed by atoms with Gasteiger partial charge in [0.05, 0.1) is 0 Å². The number of piperazine rings is 1. The molecule has 0 aliphatic carbocycles. The minimum absolute atomic E-state index is 0.111. The Bertz CT molecular complexity index is 696. The monoisotopic (exact) mass is 323 g/mol. The summed E-state index contributed by atoms with van der Waals surface area (Å²) in [6, 6.07) is 8.08. The molecule has 0 N–H and O–H groups in total. The molecule has 1 fully saturated rings. The summed E-state index contributed by atoms with van der Waals surface area (Å²) in [5.41, 5.74) is 6.20. The van der Waals surface area contributed by atoms with Crippen LogP contribution in [0.1, 0.15) is 32.6 Å². The van der Waals surface area contributed by atoms with E-state index in [1.165, 1.54) is 22.3 Å². The van der Waals surface area contributed by atoms with Crippen LogP contribution in [-0.4, -0.2) is 46.9 Å². The number of aryl methyl sites for hydroxylation is 3. The molecule has 1 amide bonds. The highest BCUT2D eigenvalue weighted by Crippen LogP contribution is 2.19. The molecule has 1 saturated heterocycles. The molecule has 2 aromatic rings. The molecular formula is C20H25N3O. The SMILES string of the molecule is Cc1cc(C)c(CN2CCN(C(=O)c3ccncc3)CC2)c(C)c1. The summed E-state index contributed by atoms with van der Waals surface area (Å²) in [5, 5.41) is 0. The second-order valence-corrected chi connectivity index (χ2v) is 6.68. The van der Waals surface area contributed by atoms with Gasteiger partial charge in [0.2, 0.25) is 0 Å². The largest absolute Gasteiger partial charge is 0.336 e. The van der Waals surface area contributed by atoms with E-state index in [1.807, 2.05) is 4.90 Å². The van der Waals surface area contributed by atoms with Gasteiger partial charge in [-0.25, -0.2) is 0 Å². The van der Waals surface area contributed by atoms with Gasteiger partial charge in [-0.3, -0.25) is 14.7 Å². The van der Waals surface area contributed by atoms with Crippen molar-refractivity contribution in [3.05, 3.63) is 64.5 Å². The third kappa shape index (κ3) is 3.65. The molecule has 0 saturated carbocycles. The van der Waals surface area contributed by atoms with Crippen LogP contribution in [0.3, 0.4) is 0 Å². The maximum atomic E-state index is 12.5. The molecule has 1 aliphatic rings. The van der Waals surface area contributed by atoms with E-state index in [9.17, 15) is 4.79 Å². The number of carbonyl (C=O) groups is 1. The van der Waals surface area contributed by atoms with Gasteiger partial charge >= 0.3 is 0 Å². The summed E-state index contributed by atoms with van der Waals surface area (Å²) < 4.78 is 0. The lowest BCUT2D eigenvalue weighted by atomic mass is 9.99. The first-order valence-corrected chi connectivity index (χ1v) is 8.53. The van der Waals surface area contributed by atoms with Gasteiger partial charge in [0.1, 0.15) is 0 Å². The smallest absolute Gasteiger partial charge is 0.254 e. The topological polar surface area (TPSA) is 36.4 Å². The molecule has 126 valence electrons. The van der Waals surface area contributed by atoms with E-state index in [1.54, 1.807) is 24.5 Å². The fourth-order valence-corrected chi connectivity index (χ4v) is 3.47. The van der Waals surface area contributed by atoms with Gasteiger partial charge in [0, 0.05) is 50.7 Å². The van der Waals surface area contributed by atoms with Crippen molar-refractivity contribution in [3.8, 4) is 0 Å². The van der Waals surface area contributed by atoms with Crippen LogP contribution in [-0.2, 0) is 6.54 Å². The highest BCUT2D eigenvalue weighted by Gasteiger charge is 2.22. The highest BCUT2D eigenvalue weighted by atomic mass is 16.2. The zero-order valence-electron chi connectivity index (χ0n) is 14.7. The fraction of sp³-hybridized carbons (Fsp3) is 0.400.